The van der Waals surface area contributed by atoms with Gasteiger partial charge in [0.2, 0.25) is 10.0 Å². The quantitative estimate of drug-likeness (QED) is 0.835. The zero-order chi connectivity index (χ0) is 14.2. The molecule has 2 saturated carbocycles. The first-order valence-corrected chi connectivity index (χ1v) is 8.67. The Morgan fingerprint density at radius 3 is 2.20 bits per heavy atom. The third-order valence-electron chi connectivity index (χ3n) is 3.95. The van der Waals surface area contributed by atoms with Crippen LogP contribution in [0.3, 0.4) is 0 Å². The van der Waals surface area contributed by atoms with Crippen molar-refractivity contribution in [3.8, 4) is 0 Å². The third-order valence-corrected chi connectivity index (χ3v) is 5.76. The molecule has 3 rings (SSSR count). The van der Waals surface area contributed by atoms with Crippen LogP contribution in [0.25, 0.3) is 0 Å². The van der Waals surface area contributed by atoms with E-state index in [4.69, 9.17) is 0 Å². The molecule has 1 aromatic rings. The minimum absolute atomic E-state index is 0.304. The summed E-state index contributed by atoms with van der Waals surface area (Å²) in [5.74, 6) is 1.81. The Hall–Kier alpha value is -1.14. The van der Waals surface area contributed by atoms with Crippen LogP contribution in [-0.2, 0) is 10.0 Å². The van der Waals surface area contributed by atoms with Gasteiger partial charge in [-0.25, -0.2) is 13.4 Å². The maximum atomic E-state index is 12.7. The first-order valence-electron chi connectivity index (χ1n) is 7.23. The highest BCUT2D eigenvalue weighted by molar-refractivity contribution is 7.89. The number of pyridine rings is 1. The summed E-state index contributed by atoms with van der Waals surface area (Å²) >= 11 is 0. The molecule has 6 heteroatoms. The zero-order valence-electron chi connectivity index (χ0n) is 11.7. The number of hydrogen-bond acceptors (Lipinski definition) is 4. The number of sulfonamides is 1. The van der Waals surface area contributed by atoms with Crippen LogP contribution < -0.4 is 5.32 Å². The molecule has 2 aliphatic carbocycles. The van der Waals surface area contributed by atoms with Crippen molar-refractivity contribution >= 4 is 15.8 Å². The molecule has 110 valence electrons. The first kappa shape index (κ1) is 13.8. The molecule has 2 fully saturated rings. The second-order valence-corrected chi connectivity index (χ2v) is 7.78. The molecular weight excluding hydrogens is 274 g/mol. The Balaban J connectivity index is 1.81. The number of anilines is 1. The molecule has 1 N–H and O–H groups in total. The summed E-state index contributed by atoms with van der Waals surface area (Å²) in [5.41, 5.74) is 0. The van der Waals surface area contributed by atoms with Crippen molar-refractivity contribution in [3.63, 3.8) is 0 Å². The summed E-state index contributed by atoms with van der Waals surface area (Å²) in [5, 5.41) is 2.90. The topological polar surface area (TPSA) is 62.3 Å². The lowest BCUT2D eigenvalue weighted by Gasteiger charge is -2.22. The summed E-state index contributed by atoms with van der Waals surface area (Å²) in [6.07, 6.45) is 6.09. The fraction of sp³-hybridized carbons (Fsp3) is 0.643. The maximum Gasteiger partial charge on any atom is 0.244 e. The highest BCUT2D eigenvalue weighted by Crippen LogP contribution is 2.35. The van der Waals surface area contributed by atoms with Gasteiger partial charge in [0.25, 0.3) is 0 Å². The van der Waals surface area contributed by atoms with E-state index in [9.17, 15) is 8.42 Å². The van der Waals surface area contributed by atoms with Gasteiger partial charge in [-0.2, -0.15) is 4.31 Å². The van der Waals surface area contributed by atoms with Gasteiger partial charge in [0, 0.05) is 26.3 Å². The highest BCUT2D eigenvalue weighted by atomic mass is 32.2. The largest absolute Gasteiger partial charge is 0.373 e. The Morgan fingerprint density at radius 1 is 1.20 bits per heavy atom. The standard InChI is InChI=1S/C14H21N3O2S/c1-15-14-7-6-13(8-16-14)20(18,19)17(9-11-2-3-11)10-12-4-5-12/h6-8,11-12H,2-5,9-10H2,1H3,(H,15,16). The average Bonchev–Trinajstić information content (AvgIpc) is 3.33. The summed E-state index contributed by atoms with van der Waals surface area (Å²) < 4.78 is 27.1. The van der Waals surface area contributed by atoms with E-state index in [0.717, 1.165) is 25.7 Å². The number of nitrogens with zero attached hydrogens (tertiary/aromatic N) is 2. The summed E-state index contributed by atoms with van der Waals surface area (Å²) in [6, 6.07) is 3.35. The van der Waals surface area contributed by atoms with Crippen LogP contribution in [0.1, 0.15) is 25.7 Å². The van der Waals surface area contributed by atoms with Crippen molar-refractivity contribution < 1.29 is 8.42 Å². The molecule has 0 amide bonds. The minimum atomic E-state index is -3.39. The van der Waals surface area contributed by atoms with Crippen molar-refractivity contribution in [2.45, 2.75) is 30.6 Å². The molecule has 1 aromatic heterocycles. The monoisotopic (exact) mass is 295 g/mol. The van der Waals surface area contributed by atoms with Crippen LogP contribution in [0.15, 0.2) is 23.2 Å². The lowest BCUT2D eigenvalue weighted by Crippen LogP contribution is -2.34. The van der Waals surface area contributed by atoms with Gasteiger partial charge in [0.15, 0.2) is 0 Å². The van der Waals surface area contributed by atoms with Gasteiger partial charge in [0.1, 0.15) is 10.7 Å². The molecule has 0 aliphatic heterocycles. The fourth-order valence-corrected chi connectivity index (χ4v) is 3.82. The molecule has 0 spiro atoms. The fourth-order valence-electron chi connectivity index (χ4n) is 2.28. The Kier molecular flexibility index (Phi) is 3.69. The lowest BCUT2D eigenvalue weighted by molar-refractivity contribution is 0.382. The molecule has 5 nitrogen and oxygen atoms in total. The van der Waals surface area contributed by atoms with Crippen molar-refractivity contribution in [2.24, 2.45) is 11.8 Å². The van der Waals surface area contributed by atoms with E-state index in [2.05, 4.69) is 10.3 Å². The number of nitrogens with one attached hydrogen (secondary N) is 1. The summed E-state index contributed by atoms with van der Waals surface area (Å²) in [4.78, 5) is 4.42. The van der Waals surface area contributed by atoms with Gasteiger partial charge in [0.05, 0.1) is 0 Å². The average molecular weight is 295 g/mol. The van der Waals surface area contributed by atoms with Crippen LogP contribution >= 0.6 is 0 Å². The normalized spacial score (nSPS) is 19.3. The van der Waals surface area contributed by atoms with E-state index in [1.54, 1.807) is 23.5 Å². The van der Waals surface area contributed by atoms with Gasteiger partial charge >= 0.3 is 0 Å². The molecule has 1 heterocycles. The molecule has 0 radical (unpaired) electrons. The first-order chi connectivity index (χ1) is 9.59. The number of hydrogen-bond donors (Lipinski definition) is 1. The van der Waals surface area contributed by atoms with Crippen LogP contribution in [0, 0.1) is 11.8 Å². The second kappa shape index (κ2) is 5.33. The Bertz CT molecular complexity index is 549. The molecule has 20 heavy (non-hydrogen) atoms. The van der Waals surface area contributed by atoms with E-state index in [1.807, 2.05) is 0 Å². The van der Waals surface area contributed by atoms with Gasteiger partial charge in [-0.3, -0.25) is 0 Å². The van der Waals surface area contributed by atoms with Gasteiger partial charge < -0.3 is 5.32 Å². The molecule has 0 atom stereocenters. The number of rotatable bonds is 7. The van der Waals surface area contributed by atoms with Crippen molar-refractivity contribution in [1.82, 2.24) is 9.29 Å². The maximum absolute atomic E-state index is 12.7. The summed E-state index contributed by atoms with van der Waals surface area (Å²) in [6.45, 7) is 1.35. The molecule has 2 aliphatic rings. The van der Waals surface area contributed by atoms with Gasteiger partial charge in [-0.15, -0.1) is 0 Å². The predicted molar refractivity (Wildman–Crippen MR) is 78.0 cm³/mol. The van der Waals surface area contributed by atoms with Crippen LogP contribution in [0.5, 0.6) is 0 Å². The SMILES string of the molecule is CNc1ccc(S(=O)(=O)N(CC2CC2)CC2CC2)cn1. The van der Waals surface area contributed by atoms with E-state index < -0.39 is 10.0 Å². The minimum Gasteiger partial charge on any atom is -0.373 e. The van der Waals surface area contributed by atoms with Gasteiger partial charge in [-0.1, -0.05) is 0 Å². The van der Waals surface area contributed by atoms with Crippen molar-refractivity contribution in [1.29, 1.82) is 0 Å². The zero-order valence-corrected chi connectivity index (χ0v) is 12.6. The Morgan fingerprint density at radius 2 is 1.80 bits per heavy atom. The van der Waals surface area contributed by atoms with Crippen molar-refractivity contribution in [2.75, 3.05) is 25.5 Å². The molecule has 0 unspecified atom stereocenters. The predicted octanol–water partition coefficient (Wildman–Crippen LogP) is 1.93. The van der Waals surface area contributed by atoms with E-state index in [-0.39, 0.29) is 0 Å². The van der Waals surface area contributed by atoms with Crippen molar-refractivity contribution in [3.05, 3.63) is 18.3 Å². The van der Waals surface area contributed by atoms with Crippen LogP contribution in [0.2, 0.25) is 0 Å². The summed E-state index contributed by atoms with van der Waals surface area (Å²) in [7, 11) is -1.63. The van der Waals surface area contributed by atoms with E-state index >= 15 is 0 Å². The Labute approximate surface area is 120 Å². The van der Waals surface area contributed by atoms with E-state index in [0.29, 0.717) is 35.6 Å². The molecular formula is C14H21N3O2S. The second-order valence-electron chi connectivity index (χ2n) is 5.84. The van der Waals surface area contributed by atoms with Gasteiger partial charge in [-0.05, 0) is 49.7 Å². The smallest absolute Gasteiger partial charge is 0.244 e. The highest BCUT2D eigenvalue weighted by Gasteiger charge is 2.35. The molecule has 0 saturated heterocycles. The molecule has 0 bridgehead atoms. The lowest BCUT2D eigenvalue weighted by atomic mass is 10.4. The van der Waals surface area contributed by atoms with Crippen LogP contribution in [-0.4, -0.2) is 37.8 Å². The number of aromatic nitrogens is 1. The van der Waals surface area contributed by atoms with Crippen LogP contribution in [0.4, 0.5) is 5.82 Å². The van der Waals surface area contributed by atoms with E-state index in [1.165, 1.54) is 6.20 Å². The molecule has 0 aromatic carbocycles. The third kappa shape index (κ3) is 3.12.